The summed E-state index contributed by atoms with van der Waals surface area (Å²) in [6.45, 7) is 0. The second-order valence-electron chi connectivity index (χ2n) is 1.80. The van der Waals surface area contributed by atoms with Gasteiger partial charge < -0.3 is 1.43 Å². The van der Waals surface area contributed by atoms with Crippen molar-refractivity contribution >= 4 is 19.3 Å². The van der Waals surface area contributed by atoms with Gasteiger partial charge in [-0.2, -0.15) is 8.42 Å². The first-order valence-electron chi connectivity index (χ1n) is 3.03. The van der Waals surface area contributed by atoms with Crippen LogP contribution >= 0.6 is 0 Å². The summed E-state index contributed by atoms with van der Waals surface area (Å²) >= 11 is 0. The molecular weight excluding hydrogens is 239 g/mol. The molecule has 0 fully saturated rings. The fourth-order valence-electron chi connectivity index (χ4n) is 0.385. The van der Waals surface area contributed by atoms with Crippen molar-refractivity contribution in [1.29, 1.82) is 0 Å². The molecule has 5 nitrogen and oxygen atoms in total. The minimum absolute atomic E-state index is 0. The first-order chi connectivity index (χ1) is 5.94. The van der Waals surface area contributed by atoms with Crippen LogP contribution in [0.1, 0.15) is 1.43 Å². The first kappa shape index (κ1) is 16.7. The third-order valence-corrected chi connectivity index (χ3v) is 2.29. The molecule has 0 heterocycles. The van der Waals surface area contributed by atoms with E-state index in [0.29, 0.717) is 0 Å². The molecule has 1 rings (SSSR count). The Bertz CT molecular complexity index is 328. The zero-order valence-electron chi connectivity index (χ0n) is 8.40. The van der Waals surface area contributed by atoms with Crippen LogP contribution in [0, 0.1) is 0 Å². The van der Waals surface area contributed by atoms with Crippen LogP contribution in [0.15, 0.2) is 36.4 Å². The zero-order chi connectivity index (χ0) is 10.3. The fourth-order valence-corrected chi connectivity index (χ4v) is 0.385. The van der Waals surface area contributed by atoms with Gasteiger partial charge in [0.15, 0.2) is 0 Å². The molecule has 0 amide bonds. The standard InChI is InChI=1S/C6H6.Na.H2O5S2.H/c1-2-4-6-5-3-1;;1-6(2)7(3,4)5;/h1-6H;;(H,1,2)(H,3,4,5);/q;+1;;-1. The maximum atomic E-state index is 9.34. The molecule has 0 bridgehead atoms. The second kappa shape index (κ2) is 8.54. The molecule has 8 heteroatoms. The molecule has 1 aromatic rings. The predicted octanol–water partition coefficient (Wildman–Crippen LogP) is -2.19. The normalized spacial score (nSPS) is 11.6. The fraction of sp³-hybridized carbons (Fsp3) is 0. The van der Waals surface area contributed by atoms with E-state index < -0.39 is 19.3 Å². The Hall–Kier alpha value is 0.240. The van der Waals surface area contributed by atoms with Crippen molar-refractivity contribution in [2.24, 2.45) is 0 Å². The molecule has 2 N–H and O–H groups in total. The smallest absolute Gasteiger partial charge is 1.00 e. The average molecular weight is 248 g/mol. The van der Waals surface area contributed by atoms with Crippen molar-refractivity contribution in [3.05, 3.63) is 36.4 Å². The Balaban J connectivity index is -0.000000170. The van der Waals surface area contributed by atoms with Gasteiger partial charge >= 0.3 is 48.8 Å². The molecule has 14 heavy (non-hydrogen) atoms. The SMILES string of the molecule is O=S(O)S(=O)(=O)O.[H-].[Na+].c1ccccc1. The maximum absolute atomic E-state index is 9.34. The maximum Gasteiger partial charge on any atom is 1.00 e. The van der Waals surface area contributed by atoms with Gasteiger partial charge in [-0.05, 0) is 0 Å². The van der Waals surface area contributed by atoms with Crippen LogP contribution in [-0.2, 0) is 19.3 Å². The minimum atomic E-state index is -4.71. The zero-order valence-corrected chi connectivity index (χ0v) is 11.0. The van der Waals surface area contributed by atoms with Gasteiger partial charge in [0.25, 0.3) is 0 Å². The molecule has 0 spiro atoms. The van der Waals surface area contributed by atoms with Crippen LogP contribution in [0.2, 0.25) is 0 Å². The summed E-state index contributed by atoms with van der Waals surface area (Å²) in [5.74, 6) is 0. The third kappa shape index (κ3) is 10.3. The summed E-state index contributed by atoms with van der Waals surface area (Å²) in [7, 11) is -7.87. The molecule has 0 saturated heterocycles. The van der Waals surface area contributed by atoms with E-state index in [1.54, 1.807) is 0 Å². The quantitative estimate of drug-likeness (QED) is 0.255. The summed E-state index contributed by atoms with van der Waals surface area (Å²) in [5.41, 5.74) is 0. The summed E-state index contributed by atoms with van der Waals surface area (Å²) in [6, 6.07) is 12.0. The molecule has 76 valence electrons. The van der Waals surface area contributed by atoms with E-state index in [-0.39, 0.29) is 31.0 Å². The van der Waals surface area contributed by atoms with E-state index in [9.17, 15) is 12.6 Å². The van der Waals surface area contributed by atoms with E-state index in [4.69, 9.17) is 9.11 Å². The summed E-state index contributed by atoms with van der Waals surface area (Å²) in [4.78, 5) is 0. The van der Waals surface area contributed by atoms with Gasteiger partial charge in [0.1, 0.15) is 0 Å². The number of hydrogen-bond acceptors (Lipinski definition) is 3. The van der Waals surface area contributed by atoms with Gasteiger partial charge in [-0.25, -0.2) is 4.21 Å². The van der Waals surface area contributed by atoms with Crippen molar-refractivity contribution in [2.45, 2.75) is 0 Å². The van der Waals surface area contributed by atoms with E-state index in [2.05, 4.69) is 0 Å². The Kier molecular flexibility index (Phi) is 10.2. The molecule has 1 unspecified atom stereocenters. The molecule has 0 aliphatic heterocycles. The van der Waals surface area contributed by atoms with Gasteiger partial charge in [0.2, 0.25) is 0 Å². The molecule has 0 saturated carbocycles. The van der Waals surface area contributed by atoms with Crippen LogP contribution in [-0.4, -0.2) is 21.7 Å². The number of hydrogen-bond donors (Lipinski definition) is 2. The number of benzene rings is 1. The third-order valence-electron chi connectivity index (χ3n) is 0.847. The Morgan fingerprint density at radius 1 is 1.00 bits per heavy atom. The van der Waals surface area contributed by atoms with Gasteiger partial charge in [-0.15, -0.1) is 0 Å². The van der Waals surface area contributed by atoms with Gasteiger partial charge in [-0.1, -0.05) is 36.4 Å². The average Bonchev–Trinajstić information content (AvgIpc) is 2.07. The summed E-state index contributed by atoms with van der Waals surface area (Å²) in [6.07, 6.45) is 0. The summed E-state index contributed by atoms with van der Waals surface area (Å²) in [5, 5.41) is 0. The van der Waals surface area contributed by atoms with Gasteiger partial charge in [0.05, 0.1) is 0 Å². The molecule has 1 atom stereocenters. The van der Waals surface area contributed by atoms with E-state index in [1.165, 1.54) is 0 Å². The minimum Gasteiger partial charge on any atom is -1.00 e. The van der Waals surface area contributed by atoms with Gasteiger partial charge in [0, 0.05) is 0 Å². The number of rotatable bonds is 1. The van der Waals surface area contributed by atoms with Crippen LogP contribution in [0.5, 0.6) is 0 Å². The van der Waals surface area contributed by atoms with Crippen molar-refractivity contribution in [2.75, 3.05) is 0 Å². The first-order valence-corrected chi connectivity index (χ1v) is 6.10. The van der Waals surface area contributed by atoms with E-state index >= 15 is 0 Å². The van der Waals surface area contributed by atoms with Crippen molar-refractivity contribution in [3.8, 4) is 0 Å². The van der Waals surface area contributed by atoms with Crippen LogP contribution in [0.4, 0.5) is 0 Å². The molecule has 0 aliphatic rings. The van der Waals surface area contributed by atoms with Crippen LogP contribution < -0.4 is 29.6 Å². The predicted molar refractivity (Wildman–Crippen MR) is 49.9 cm³/mol. The molecule has 0 radical (unpaired) electrons. The Morgan fingerprint density at radius 3 is 1.21 bits per heavy atom. The van der Waals surface area contributed by atoms with Crippen LogP contribution in [0.3, 0.4) is 0 Å². The van der Waals surface area contributed by atoms with Gasteiger partial charge in [-0.3, -0.25) is 9.11 Å². The van der Waals surface area contributed by atoms with Crippen molar-refractivity contribution in [3.63, 3.8) is 0 Å². The largest absolute Gasteiger partial charge is 1.00 e. The van der Waals surface area contributed by atoms with Crippen LogP contribution in [0.25, 0.3) is 0 Å². The van der Waals surface area contributed by atoms with Crippen molar-refractivity contribution in [1.82, 2.24) is 0 Å². The Labute approximate surface area is 108 Å². The molecule has 0 aliphatic carbocycles. The molecule has 1 aromatic carbocycles. The molecule has 0 aromatic heterocycles. The van der Waals surface area contributed by atoms with E-state index in [1.807, 2.05) is 36.4 Å². The Morgan fingerprint density at radius 2 is 1.14 bits per heavy atom. The van der Waals surface area contributed by atoms with E-state index in [0.717, 1.165) is 0 Å². The summed E-state index contributed by atoms with van der Waals surface area (Å²) < 4.78 is 43.0. The second-order valence-corrected chi connectivity index (χ2v) is 5.21. The molecular formula is C6H9NaO5S2. The monoisotopic (exact) mass is 248 g/mol. The van der Waals surface area contributed by atoms with Crippen molar-refractivity contribution < 1.29 is 52.7 Å². The topological polar surface area (TPSA) is 91.7 Å².